The topological polar surface area (TPSA) is 86.8 Å². The Morgan fingerprint density at radius 1 is 0.897 bits per heavy atom. The highest BCUT2D eigenvalue weighted by molar-refractivity contribution is 7.92. The SMILES string of the molecule is CCCNC(=O)C(C)N(CCc1ccccc1)C(=O)CN(c1ccccc1CC)S(=O)(=O)c1ccc(C)cc1. The predicted octanol–water partition coefficient (Wildman–Crippen LogP) is 4.74. The van der Waals surface area contributed by atoms with Crippen LogP contribution < -0.4 is 9.62 Å². The molecule has 3 aromatic rings. The van der Waals surface area contributed by atoms with Crippen LogP contribution in [0.4, 0.5) is 5.69 Å². The first kappa shape index (κ1) is 29.9. The lowest BCUT2D eigenvalue weighted by Gasteiger charge is -2.32. The summed E-state index contributed by atoms with van der Waals surface area (Å²) in [4.78, 5) is 28.5. The molecular weight excluding hydrogens is 510 g/mol. The average molecular weight is 550 g/mol. The van der Waals surface area contributed by atoms with E-state index in [1.54, 1.807) is 43.3 Å². The fourth-order valence-corrected chi connectivity index (χ4v) is 5.82. The van der Waals surface area contributed by atoms with Gasteiger partial charge in [-0.1, -0.05) is 80.1 Å². The lowest BCUT2D eigenvalue weighted by atomic mass is 10.1. The molecule has 0 spiro atoms. The smallest absolute Gasteiger partial charge is 0.264 e. The van der Waals surface area contributed by atoms with Gasteiger partial charge in [-0.15, -0.1) is 0 Å². The Balaban J connectivity index is 2.00. The van der Waals surface area contributed by atoms with Crippen molar-refractivity contribution in [1.82, 2.24) is 10.2 Å². The van der Waals surface area contributed by atoms with Crippen LogP contribution in [0.2, 0.25) is 0 Å². The Hall–Kier alpha value is -3.65. The molecule has 208 valence electrons. The highest BCUT2D eigenvalue weighted by atomic mass is 32.2. The minimum absolute atomic E-state index is 0.108. The zero-order chi connectivity index (χ0) is 28.4. The second-order valence-electron chi connectivity index (χ2n) is 9.60. The third kappa shape index (κ3) is 7.69. The number of aryl methyl sites for hydroxylation is 2. The largest absolute Gasteiger partial charge is 0.354 e. The van der Waals surface area contributed by atoms with Crippen molar-refractivity contribution in [3.05, 3.63) is 95.6 Å². The van der Waals surface area contributed by atoms with Crippen LogP contribution in [0.15, 0.2) is 83.8 Å². The molecule has 0 aliphatic rings. The third-order valence-corrected chi connectivity index (χ3v) is 8.50. The fourth-order valence-electron chi connectivity index (χ4n) is 4.37. The van der Waals surface area contributed by atoms with Crippen LogP contribution in [0.5, 0.6) is 0 Å². The number of nitrogens with zero attached hydrogens (tertiary/aromatic N) is 2. The highest BCUT2D eigenvalue weighted by Crippen LogP contribution is 2.28. The molecule has 3 aromatic carbocycles. The van der Waals surface area contributed by atoms with E-state index in [1.807, 2.05) is 63.2 Å². The molecule has 0 bridgehead atoms. The van der Waals surface area contributed by atoms with Gasteiger partial charge in [0.25, 0.3) is 10.0 Å². The van der Waals surface area contributed by atoms with E-state index in [1.165, 1.54) is 9.21 Å². The van der Waals surface area contributed by atoms with Crippen LogP contribution in [-0.4, -0.2) is 50.8 Å². The number of carbonyl (C=O) groups is 2. The molecule has 0 saturated heterocycles. The number of carbonyl (C=O) groups excluding carboxylic acids is 2. The Bertz CT molecular complexity index is 1340. The summed E-state index contributed by atoms with van der Waals surface area (Å²) in [7, 11) is -4.07. The summed E-state index contributed by atoms with van der Waals surface area (Å²) in [5, 5.41) is 2.87. The molecular formula is C31H39N3O4S. The molecule has 1 unspecified atom stereocenters. The van der Waals surface area contributed by atoms with Crippen molar-refractivity contribution in [3.63, 3.8) is 0 Å². The van der Waals surface area contributed by atoms with Crippen molar-refractivity contribution < 1.29 is 18.0 Å². The molecule has 1 N–H and O–H groups in total. The summed E-state index contributed by atoms with van der Waals surface area (Å²) in [5.41, 5.74) is 3.23. The molecule has 0 aliphatic heterocycles. The molecule has 0 heterocycles. The summed E-state index contributed by atoms with van der Waals surface area (Å²) in [6.45, 7) is 7.84. The van der Waals surface area contributed by atoms with Gasteiger partial charge in [-0.05, 0) is 62.4 Å². The van der Waals surface area contributed by atoms with E-state index < -0.39 is 28.5 Å². The van der Waals surface area contributed by atoms with E-state index in [2.05, 4.69) is 5.32 Å². The van der Waals surface area contributed by atoms with E-state index in [9.17, 15) is 18.0 Å². The fraction of sp³-hybridized carbons (Fsp3) is 0.355. The normalized spacial score (nSPS) is 12.0. The molecule has 3 rings (SSSR count). The molecule has 8 heteroatoms. The minimum atomic E-state index is -4.07. The van der Waals surface area contributed by atoms with Gasteiger partial charge in [-0.25, -0.2) is 8.42 Å². The molecule has 0 aromatic heterocycles. The zero-order valence-corrected chi connectivity index (χ0v) is 24.1. The summed E-state index contributed by atoms with van der Waals surface area (Å²) in [6.07, 6.45) is 1.90. The maximum atomic E-state index is 14.0. The van der Waals surface area contributed by atoms with Crippen molar-refractivity contribution in [3.8, 4) is 0 Å². The van der Waals surface area contributed by atoms with Crippen molar-refractivity contribution in [1.29, 1.82) is 0 Å². The third-order valence-electron chi connectivity index (χ3n) is 6.73. The highest BCUT2D eigenvalue weighted by Gasteiger charge is 2.33. The van der Waals surface area contributed by atoms with Crippen LogP contribution in [0, 0.1) is 6.92 Å². The number of para-hydroxylation sites is 1. The van der Waals surface area contributed by atoms with Gasteiger partial charge in [0.15, 0.2) is 0 Å². The number of benzene rings is 3. The first-order chi connectivity index (χ1) is 18.7. The van der Waals surface area contributed by atoms with Crippen molar-refractivity contribution in [2.75, 3.05) is 23.9 Å². The van der Waals surface area contributed by atoms with Crippen molar-refractivity contribution >= 4 is 27.5 Å². The minimum Gasteiger partial charge on any atom is -0.354 e. The monoisotopic (exact) mass is 549 g/mol. The quantitative estimate of drug-likeness (QED) is 0.334. The van der Waals surface area contributed by atoms with Gasteiger partial charge in [0.05, 0.1) is 10.6 Å². The first-order valence-corrected chi connectivity index (χ1v) is 14.9. The first-order valence-electron chi connectivity index (χ1n) is 13.5. The van der Waals surface area contributed by atoms with Crippen LogP contribution in [0.25, 0.3) is 0 Å². The van der Waals surface area contributed by atoms with E-state index in [0.29, 0.717) is 25.1 Å². The number of hydrogen-bond acceptors (Lipinski definition) is 4. The predicted molar refractivity (Wildman–Crippen MR) is 156 cm³/mol. The molecule has 0 radical (unpaired) electrons. The van der Waals surface area contributed by atoms with Gasteiger partial charge in [0, 0.05) is 13.1 Å². The number of amides is 2. The van der Waals surface area contributed by atoms with Gasteiger partial charge < -0.3 is 10.2 Å². The summed E-state index contributed by atoms with van der Waals surface area (Å²) < 4.78 is 29.1. The van der Waals surface area contributed by atoms with Gasteiger partial charge in [0.1, 0.15) is 12.6 Å². The van der Waals surface area contributed by atoms with Crippen LogP contribution in [0.1, 0.15) is 43.9 Å². The van der Waals surface area contributed by atoms with E-state index in [0.717, 1.165) is 23.1 Å². The molecule has 7 nitrogen and oxygen atoms in total. The lowest BCUT2D eigenvalue weighted by molar-refractivity contribution is -0.138. The second kappa shape index (κ2) is 13.9. The van der Waals surface area contributed by atoms with Gasteiger partial charge in [0.2, 0.25) is 11.8 Å². The molecule has 2 amide bonds. The van der Waals surface area contributed by atoms with E-state index in [4.69, 9.17) is 0 Å². The van der Waals surface area contributed by atoms with Crippen LogP contribution in [-0.2, 0) is 32.5 Å². The number of rotatable bonds is 13. The maximum absolute atomic E-state index is 14.0. The number of anilines is 1. The Labute approximate surface area is 232 Å². The number of hydrogen-bond donors (Lipinski definition) is 1. The number of sulfonamides is 1. The zero-order valence-electron chi connectivity index (χ0n) is 23.3. The molecule has 0 aliphatic carbocycles. The molecule has 39 heavy (non-hydrogen) atoms. The summed E-state index contributed by atoms with van der Waals surface area (Å²) >= 11 is 0. The van der Waals surface area contributed by atoms with Crippen LogP contribution in [0.3, 0.4) is 0 Å². The van der Waals surface area contributed by atoms with E-state index >= 15 is 0 Å². The summed E-state index contributed by atoms with van der Waals surface area (Å²) in [6, 6.07) is 22.8. The Morgan fingerprint density at radius 2 is 1.54 bits per heavy atom. The maximum Gasteiger partial charge on any atom is 0.264 e. The van der Waals surface area contributed by atoms with Gasteiger partial charge in [-0.2, -0.15) is 0 Å². The Kier molecular flexibility index (Phi) is 10.7. The van der Waals surface area contributed by atoms with Gasteiger partial charge >= 0.3 is 0 Å². The molecule has 0 saturated carbocycles. The van der Waals surface area contributed by atoms with Crippen LogP contribution >= 0.6 is 0 Å². The van der Waals surface area contributed by atoms with Crippen molar-refractivity contribution in [2.45, 2.75) is 57.9 Å². The van der Waals surface area contributed by atoms with Crippen molar-refractivity contribution in [2.24, 2.45) is 0 Å². The lowest BCUT2D eigenvalue weighted by Crippen LogP contribution is -2.52. The standard InChI is InChI=1S/C31H39N3O4S/c1-5-21-32-31(36)25(4)33(22-20-26-12-8-7-9-13-26)30(35)23-34(29-15-11-10-14-27(29)6-2)39(37,38)28-18-16-24(3)17-19-28/h7-19,25H,5-6,20-23H2,1-4H3,(H,32,36). The molecule has 0 fully saturated rings. The number of nitrogens with one attached hydrogen (secondary N) is 1. The second-order valence-corrected chi connectivity index (χ2v) is 11.5. The summed E-state index contributed by atoms with van der Waals surface area (Å²) in [5.74, 6) is -0.702. The Morgan fingerprint density at radius 3 is 2.18 bits per heavy atom. The molecule has 1 atom stereocenters. The average Bonchev–Trinajstić information content (AvgIpc) is 2.95. The van der Waals surface area contributed by atoms with Gasteiger partial charge in [-0.3, -0.25) is 13.9 Å². The van der Waals surface area contributed by atoms with E-state index in [-0.39, 0.29) is 17.3 Å².